The molecule has 0 saturated carbocycles. The Morgan fingerprint density at radius 2 is 1.86 bits per heavy atom. The van der Waals surface area contributed by atoms with Gasteiger partial charge < -0.3 is 15.6 Å². The summed E-state index contributed by atoms with van der Waals surface area (Å²) >= 11 is 0. The highest BCUT2D eigenvalue weighted by molar-refractivity contribution is 5.69. The number of rotatable bonds is 8. The molecule has 86 valence electrons. The van der Waals surface area contributed by atoms with Crippen molar-refractivity contribution in [3.8, 4) is 0 Å². The first-order chi connectivity index (χ1) is 6.31. The lowest BCUT2D eigenvalue weighted by molar-refractivity contribution is -0.145. The van der Waals surface area contributed by atoms with Gasteiger partial charge in [0.1, 0.15) is 6.61 Å². The van der Waals surface area contributed by atoms with E-state index in [1.54, 1.807) is 7.11 Å². The van der Waals surface area contributed by atoms with Crippen molar-refractivity contribution >= 4 is 5.97 Å². The van der Waals surface area contributed by atoms with E-state index >= 15 is 0 Å². The molecule has 4 nitrogen and oxygen atoms in total. The van der Waals surface area contributed by atoms with Gasteiger partial charge in [-0.3, -0.25) is 4.79 Å². The molecule has 0 aliphatic heterocycles. The third kappa shape index (κ3) is 11.4. The maximum atomic E-state index is 11.0. The Hall–Kier alpha value is -0.610. The number of methoxy groups -OCH3 is 1. The number of carbonyl (C=O) groups is 1. The normalized spacial score (nSPS) is 9.29. The van der Waals surface area contributed by atoms with Crippen molar-refractivity contribution in [2.24, 2.45) is 0 Å². The Balaban J connectivity index is 0. The Morgan fingerprint density at radius 1 is 1.14 bits per heavy atom. The zero-order chi connectivity index (χ0) is 9.94. The van der Waals surface area contributed by atoms with Gasteiger partial charge >= 0.3 is 5.97 Å². The summed E-state index contributed by atoms with van der Waals surface area (Å²) in [6.45, 7) is 3.01. The lowest BCUT2D eigenvalue weighted by Crippen LogP contribution is -2.09. The molecule has 0 unspecified atom stereocenters. The van der Waals surface area contributed by atoms with Crippen LogP contribution in [-0.4, -0.2) is 26.3 Å². The summed E-state index contributed by atoms with van der Waals surface area (Å²) in [6, 6.07) is 0. The topological polar surface area (TPSA) is 70.5 Å². The average molecular weight is 205 g/mol. The second-order valence-electron chi connectivity index (χ2n) is 3.02. The highest BCUT2D eigenvalue weighted by Crippen LogP contribution is 2.03. The molecule has 4 heteroatoms. The molecular formula is C10H23NO3. The molecule has 0 saturated heterocycles. The van der Waals surface area contributed by atoms with E-state index in [9.17, 15) is 4.79 Å². The fraction of sp³-hybridized carbons (Fsp3) is 0.900. The molecule has 0 amide bonds. The first-order valence-corrected chi connectivity index (χ1v) is 4.95. The maximum absolute atomic E-state index is 11.0. The van der Waals surface area contributed by atoms with Crippen LogP contribution in [0.5, 0.6) is 0 Å². The Morgan fingerprint density at radius 3 is 2.43 bits per heavy atom. The van der Waals surface area contributed by atoms with Crippen molar-refractivity contribution < 1.29 is 14.3 Å². The molecule has 0 aromatic carbocycles. The second-order valence-corrected chi connectivity index (χ2v) is 3.02. The number of hydrogen-bond acceptors (Lipinski definition) is 4. The predicted molar refractivity (Wildman–Crippen MR) is 56.6 cm³/mol. The number of ether oxygens (including phenoxy) is 2. The molecule has 0 radical (unpaired) electrons. The molecule has 0 bridgehead atoms. The minimum Gasteiger partial charge on any atom is -0.463 e. The summed E-state index contributed by atoms with van der Waals surface area (Å²) in [5, 5.41) is 0. The molecule has 0 atom stereocenters. The predicted octanol–water partition coefficient (Wildman–Crippen LogP) is 2.31. The first kappa shape index (κ1) is 15.8. The first-order valence-electron chi connectivity index (χ1n) is 4.95. The van der Waals surface area contributed by atoms with E-state index in [4.69, 9.17) is 9.47 Å². The van der Waals surface area contributed by atoms with Gasteiger partial charge in [0, 0.05) is 13.5 Å². The molecule has 0 aromatic heterocycles. The summed E-state index contributed by atoms with van der Waals surface area (Å²) in [7, 11) is 1.59. The fourth-order valence-electron chi connectivity index (χ4n) is 1.01. The third-order valence-corrected chi connectivity index (χ3v) is 1.78. The zero-order valence-corrected chi connectivity index (χ0v) is 9.38. The van der Waals surface area contributed by atoms with Crippen LogP contribution in [-0.2, 0) is 14.3 Å². The van der Waals surface area contributed by atoms with Crippen LogP contribution in [0.4, 0.5) is 0 Å². The van der Waals surface area contributed by atoms with Crippen LogP contribution in [0.15, 0.2) is 0 Å². The summed E-state index contributed by atoms with van der Waals surface area (Å²) in [6.07, 6.45) is 5.00. The molecule has 0 rings (SSSR count). The Bertz CT molecular complexity index is 129. The molecular weight excluding hydrogens is 182 g/mol. The second kappa shape index (κ2) is 12.4. The van der Waals surface area contributed by atoms with Gasteiger partial charge in [-0.15, -0.1) is 0 Å². The van der Waals surface area contributed by atoms with E-state index in [1.165, 1.54) is 12.8 Å². The van der Waals surface area contributed by atoms with Crippen LogP contribution < -0.4 is 6.15 Å². The lowest BCUT2D eigenvalue weighted by Gasteiger charge is -2.03. The van der Waals surface area contributed by atoms with Gasteiger partial charge in [0.25, 0.3) is 0 Å². The van der Waals surface area contributed by atoms with Crippen molar-refractivity contribution in [1.82, 2.24) is 6.15 Å². The molecule has 0 aromatic rings. The minimum absolute atomic E-state index is 0. The van der Waals surface area contributed by atoms with Crippen LogP contribution in [0, 0.1) is 0 Å². The van der Waals surface area contributed by atoms with E-state index in [0.717, 1.165) is 12.8 Å². The molecule has 14 heavy (non-hydrogen) atoms. The number of esters is 1. The van der Waals surface area contributed by atoms with Gasteiger partial charge in [0.15, 0.2) is 0 Å². The number of carbonyl (C=O) groups excluding carboxylic acids is 1. The summed E-state index contributed by atoms with van der Waals surface area (Å²) < 4.78 is 9.66. The van der Waals surface area contributed by atoms with Crippen LogP contribution in [0.25, 0.3) is 0 Å². The zero-order valence-electron chi connectivity index (χ0n) is 9.38. The van der Waals surface area contributed by atoms with E-state index in [1.807, 2.05) is 0 Å². The largest absolute Gasteiger partial charge is 0.463 e. The molecule has 3 N–H and O–H groups in total. The van der Waals surface area contributed by atoms with Crippen molar-refractivity contribution in [1.29, 1.82) is 0 Å². The van der Waals surface area contributed by atoms with Crippen LogP contribution in [0.2, 0.25) is 0 Å². The number of unbranched alkanes of at least 4 members (excludes halogenated alkanes) is 3. The lowest BCUT2D eigenvalue weighted by atomic mass is 10.2. The van der Waals surface area contributed by atoms with Gasteiger partial charge in [0.05, 0.1) is 6.61 Å². The number of hydrogen-bond donors (Lipinski definition) is 1. The summed E-state index contributed by atoms with van der Waals surface area (Å²) in [5.74, 6) is -0.104. The van der Waals surface area contributed by atoms with Crippen molar-refractivity contribution in [2.45, 2.75) is 39.0 Å². The summed E-state index contributed by atoms with van der Waals surface area (Å²) in [4.78, 5) is 11.0. The van der Waals surface area contributed by atoms with Crippen LogP contribution in [0.1, 0.15) is 39.0 Å². The van der Waals surface area contributed by atoms with E-state index in [2.05, 4.69) is 6.92 Å². The van der Waals surface area contributed by atoms with E-state index < -0.39 is 0 Å². The van der Waals surface area contributed by atoms with Crippen molar-refractivity contribution in [3.63, 3.8) is 0 Å². The van der Waals surface area contributed by atoms with E-state index in [-0.39, 0.29) is 12.1 Å². The van der Waals surface area contributed by atoms with E-state index in [0.29, 0.717) is 19.6 Å². The average Bonchev–Trinajstić information content (AvgIpc) is 2.13. The highest BCUT2D eigenvalue weighted by Gasteiger charge is 2.01. The van der Waals surface area contributed by atoms with Gasteiger partial charge in [0.2, 0.25) is 0 Å². The van der Waals surface area contributed by atoms with Crippen LogP contribution in [0.3, 0.4) is 0 Å². The monoisotopic (exact) mass is 205 g/mol. The molecule has 0 heterocycles. The van der Waals surface area contributed by atoms with Gasteiger partial charge in [-0.1, -0.05) is 26.2 Å². The summed E-state index contributed by atoms with van der Waals surface area (Å²) in [5.41, 5.74) is 0. The fourth-order valence-corrected chi connectivity index (χ4v) is 1.01. The minimum atomic E-state index is -0.104. The maximum Gasteiger partial charge on any atom is 0.305 e. The standard InChI is InChI=1S/C10H20O3.H3N/c1-3-4-5-6-7-10(11)13-9-8-12-2;/h3-9H2,1-2H3;1H3. The van der Waals surface area contributed by atoms with Crippen molar-refractivity contribution in [3.05, 3.63) is 0 Å². The van der Waals surface area contributed by atoms with Gasteiger partial charge in [-0.05, 0) is 6.42 Å². The molecule has 0 aliphatic rings. The molecule has 0 aliphatic carbocycles. The SMILES string of the molecule is CCCCCCC(=O)OCCOC.N. The van der Waals surface area contributed by atoms with Gasteiger partial charge in [-0.25, -0.2) is 0 Å². The van der Waals surface area contributed by atoms with Gasteiger partial charge in [-0.2, -0.15) is 0 Å². The third-order valence-electron chi connectivity index (χ3n) is 1.78. The highest BCUT2D eigenvalue weighted by atomic mass is 16.6. The van der Waals surface area contributed by atoms with Crippen molar-refractivity contribution in [2.75, 3.05) is 20.3 Å². The quantitative estimate of drug-likeness (QED) is 0.487. The molecule has 0 spiro atoms. The Labute approximate surface area is 86.5 Å². The molecule has 0 fully saturated rings. The smallest absolute Gasteiger partial charge is 0.305 e. The van der Waals surface area contributed by atoms with Crippen LogP contribution >= 0.6 is 0 Å². The Kier molecular flexibility index (Phi) is 14.0.